The van der Waals surface area contributed by atoms with Gasteiger partial charge in [0.2, 0.25) is 0 Å². The number of anilines is 1. The molecule has 1 aliphatic carbocycles. The summed E-state index contributed by atoms with van der Waals surface area (Å²) in [4.78, 5) is 10.1. The Hall–Kier alpha value is -1.48. The first-order chi connectivity index (χ1) is 10.7. The van der Waals surface area contributed by atoms with Crippen LogP contribution in [0, 0.1) is 10.1 Å². The van der Waals surface area contributed by atoms with E-state index < -0.39 is 28.0 Å². The number of nitro groups is 1. The highest BCUT2D eigenvalue weighted by Gasteiger charge is 2.45. The topological polar surface area (TPSA) is 75.4 Å². The van der Waals surface area contributed by atoms with Crippen molar-refractivity contribution in [1.29, 1.82) is 0 Å². The van der Waals surface area contributed by atoms with Crippen molar-refractivity contribution in [3.05, 3.63) is 33.9 Å². The average molecular weight is 350 g/mol. The SMILES string of the molecule is CCSC1CCC1(O)CNc1ccc(C(F)(F)F)cc1[N+](=O)[O-]. The highest BCUT2D eigenvalue weighted by atomic mass is 32.2. The molecule has 23 heavy (non-hydrogen) atoms. The molecule has 2 unspecified atom stereocenters. The molecule has 1 aliphatic rings. The number of halogens is 3. The van der Waals surface area contributed by atoms with Crippen LogP contribution in [0.25, 0.3) is 0 Å². The zero-order valence-electron chi connectivity index (χ0n) is 12.4. The molecule has 0 radical (unpaired) electrons. The van der Waals surface area contributed by atoms with Crippen LogP contribution in [0.15, 0.2) is 18.2 Å². The zero-order chi connectivity index (χ0) is 17.3. The summed E-state index contributed by atoms with van der Waals surface area (Å²) in [6.07, 6.45) is -3.23. The molecule has 1 aromatic carbocycles. The molecular weight excluding hydrogens is 333 g/mol. The third kappa shape index (κ3) is 3.89. The summed E-state index contributed by atoms with van der Waals surface area (Å²) in [7, 11) is 0. The summed E-state index contributed by atoms with van der Waals surface area (Å²) in [6.45, 7) is 2.04. The molecule has 0 amide bonds. The molecule has 5 nitrogen and oxygen atoms in total. The van der Waals surface area contributed by atoms with Gasteiger partial charge in [0.05, 0.1) is 16.1 Å². The number of hydrogen-bond donors (Lipinski definition) is 2. The van der Waals surface area contributed by atoms with E-state index in [-0.39, 0.29) is 17.5 Å². The van der Waals surface area contributed by atoms with E-state index >= 15 is 0 Å². The molecule has 0 spiro atoms. The van der Waals surface area contributed by atoms with E-state index in [0.29, 0.717) is 12.5 Å². The van der Waals surface area contributed by atoms with Crippen molar-refractivity contribution in [3.63, 3.8) is 0 Å². The molecule has 1 saturated carbocycles. The van der Waals surface area contributed by atoms with E-state index in [1.54, 1.807) is 11.8 Å². The van der Waals surface area contributed by atoms with Gasteiger partial charge in [0, 0.05) is 17.9 Å². The summed E-state index contributed by atoms with van der Waals surface area (Å²) < 4.78 is 38.0. The largest absolute Gasteiger partial charge is 0.416 e. The van der Waals surface area contributed by atoms with E-state index in [4.69, 9.17) is 0 Å². The number of benzene rings is 1. The van der Waals surface area contributed by atoms with Gasteiger partial charge in [-0.3, -0.25) is 10.1 Å². The van der Waals surface area contributed by atoms with Gasteiger partial charge in [0.1, 0.15) is 5.69 Å². The molecule has 2 N–H and O–H groups in total. The van der Waals surface area contributed by atoms with Crippen LogP contribution in [0.3, 0.4) is 0 Å². The van der Waals surface area contributed by atoms with Gasteiger partial charge in [0.15, 0.2) is 0 Å². The van der Waals surface area contributed by atoms with Crippen LogP contribution < -0.4 is 5.32 Å². The van der Waals surface area contributed by atoms with Crippen molar-refractivity contribution in [2.45, 2.75) is 36.8 Å². The fourth-order valence-corrected chi connectivity index (χ4v) is 3.69. The predicted molar refractivity (Wildman–Crippen MR) is 82.7 cm³/mol. The number of nitrogens with zero attached hydrogens (tertiary/aromatic N) is 1. The van der Waals surface area contributed by atoms with Crippen LogP contribution in [0.2, 0.25) is 0 Å². The quantitative estimate of drug-likeness (QED) is 0.605. The maximum atomic E-state index is 12.7. The molecule has 1 fully saturated rings. The van der Waals surface area contributed by atoms with Crippen molar-refractivity contribution in [2.75, 3.05) is 17.6 Å². The van der Waals surface area contributed by atoms with Crippen molar-refractivity contribution in [1.82, 2.24) is 0 Å². The molecule has 0 saturated heterocycles. The number of nitrogens with one attached hydrogen (secondary N) is 1. The second kappa shape index (κ2) is 6.56. The maximum Gasteiger partial charge on any atom is 0.416 e. The Labute approximate surface area is 135 Å². The molecule has 0 aromatic heterocycles. The second-order valence-electron chi connectivity index (χ2n) is 5.43. The zero-order valence-corrected chi connectivity index (χ0v) is 13.2. The number of hydrogen-bond acceptors (Lipinski definition) is 5. The number of thioether (sulfide) groups is 1. The van der Waals surface area contributed by atoms with Gasteiger partial charge in [-0.25, -0.2) is 0 Å². The number of rotatable bonds is 6. The molecule has 0 bridgehead atoms. The standard InChI is InChI=1S/C14H17F3N2O3S/c1-2-23-12-5-6-13(12,20)8-18-10-4-3-9(14(15,16)17)7-11(10)19(21)22/h3-4,7,12,18,20H,2,5-6,8H2,1H3. The number of alkyl halides is 3. The summed E-state index contributed by atoms with van der Waals surface area (Å²) >= 11 is 1.60. The molecule has 9 heteroatoms. The summed E-state index contributed by atoms with van der Waals surface area (Å²) in [5.74, 6) is 0.841. The van der Waals surface area contributed by atoms with Crippen LogP contribution in [0.5, 0.6) is 0 Å². The first-order valence-corrected chi connectivity index (χ1v) is 8.16. The third-order valence-corrected chi connectivity index (χ3v) is 5.32. The molecule has 128 valence electrons. The summed E-state index contributed by atoms with van der Waals surface area (Å²) in [5, 5.41) is 24.2. The second-order valence-corrected chi connectivity index (χ2v) is 6.91. The Kier molecular flexibility index (Phi) is 5.10. The highest BCUT2D eigenvalue weighted by molar-refractivity contribution is 8.00. The van der Waals surface area contributed by atoms with Gasteiger partial charge in [-0.15, -0.1) is 0 Å². The van der Waals surface area contributed by atoms with Gasteiger partial charge in [-0.1, -0.05) is 6.92 Å². The number of nitro benzene ring substituents is 1. The van der Waals surface area contributed by atoms with Gasteiger partial charge in [-0.2, -0.15) is 24.9 Å². The third-order valence-electron chi connectivity index (χ3n) is 3.91. The minimum atomic E-state index is -4.64. The summed E-state index contributed by atoms with van der Waals surface area (Å²) in [6, 6.07) is 2.33. The van der Waals surface area contributed by atoms with E-state index in [1.807, 2.05) is 6.92 Å². The Morgan fingerprint density at radius 2 is 2.22 bits per heavy atom. The van der Waals surface area contributed by atoms with E-state index in [2.05, 4.69) is 5.32 Å². The number of aliphatic hydroxyl groups is 1. The van der Waals surface area contributed by atoms with Gasteiger partial charge in [-0.05, 0) is 30.7 Å². The van der Waals surface area contributed by atoms with Crippen LogP contribution in [0.1, 0.15) is 25.3 Å². The molecule has 1 aromatic rings. The van der Waals surface area contributed by atoms with Gasteiger partial charge in [0.25, 0.3) is 5.69 Å². The molecule has 2 atom stereocenters. The first-order valence-electron chi connectivity index (χ1n) is 7.11. The smallest absolute Gasteiger partial charge is 0.387 e. The lowest BCUT2D eigenvalue weighted by Gasteiger charge is -2.45. The Morgan fingerprint density at radius 3 is 2.70 bits per heavy atom. The van der Waals surface area contributed by atoms with Crippen molar-refractivity contribution >= 4 is 23.1 Å². The van der Waals surface area contributed by atoms with Crippen molar-refractivity contribution < 1.29 is 23.2 Å². The van der Waals surface area contributed by atoms with E-state index in [9.17, 15) is 28.4 Å². The van der Waals surface area contributed by atoms with Crippen LogP contribution in [-0.4, -0.2) is 33.2 Å². The lowest BCUT2D eigenvalue weighted by Crippen LogP contribution is -2.54. The lowest BCUT2D eigenvalue weighted by molar-refractivity contribution is -0.384. The van der Waals surface area contributed by atoms with Crippen molar-refractivity contribution in [2.24, 2.45) is 0 Å². The van der Waals surface area contributed by atoms with Gasteiger partial charge < -0.3 is 10.4 Å². The molecule has 0 aliphatic heterocycles. The van der Waals surface area contributed by atoms with Crippen LogP contribution in [-0.2, 0) is 6.18 Å². The lowest BCUT2D eigenvalue weighted by atomic mass is 9.79. The first kappa shape index (κ1) is 17.9. The van der Waals surface area contributed by atoms with Gasteiger partial charge >= 0.3 is 6.18 Å². The van der Waals surface area contributed by atoms with Crippen LogP contribution in [0.4, 0.5) is 24.5 Å². The molecule has 0 heterocycles. The fraction of sp³-hybridized carbons (Fsp3) is 0.571. The minimum absolute atomic E-state index is 0.0245. The Morgan fingerprint density at radius 1 is 1.52 bits per heavy atom. The molecule has 2 rings (SSSR count). The van der Waals surface area contributed by atoms with E-state index in [0.717, 1.165) is 24.3 Å². The monoisotopic (exact) mass is 350 g/mol. The fourth-order valence-electron chi connectivity index (χ4n) is 2.49. The normalized spacial score (nSPS) is 24.1. The van der Waals surface area contributed by atoms with Crippen LogP contribution >= 0.6 is 11.8 Å². The predicted octanol–water partition coefficient (Wildman–Crippen LogP) is 3.67. The summed E-state index contributed by atoms with van der Waals surface area (Å²) in [5.41, 5.74) is -2.74. The maximum absolute atomic E-state index is 12.7. The van der Waals surface area contributed by atoms with Crippen molar-refractivity contribution in [3.8, 4) is 0 Å². The minimum Gasteiger partial charge on any atom is -0.387 e. The Balaban J connectivity index is 2.15. The highest BCUT2D eigenvalue weighted by Crippen LogP contribution is 2.42. The molecular formula is C14H17F3N2O3S. The average Bonchev–Trinajstić information content (AvgIpc) is 2.47. The van der Waals surface area contributed by atoms with E-state index in [1.165, 1.54) is 0 Å². The Bertz CT molecular complexity index is 597.